The fourth-order valence-corrected chi connectivity index (χ4v) is 8.04. The van der Waals surface area contributed by atoms with Crippen LogP contribution in [0.5, 0.6) is 0 Å². The maximum absolute atomic E-state index is 14.5. The summed E-state index contributed by atoms with van der Waals surface area (Å²) in [5.41, 5.74) is -0.211. The third-order valence-electron chi connectivity index (χ3n) is 8.70. The summed E-state index contributed by atoms with van der Waals surface area (Å²) in [7, 11) is 0. The van der Waals surface area contributed by atoms with Crippen LogP contribution in [0, 0.1) is 17.8 Å². The quantitative estimate of drug-likeness (QED) is 0.265. The van der Waals surface area contributed by atoms with Gasteiger partial charge in [0.25, 0.3) is 0 Å². The standard InChI is InChI=1S/C32H44BrN3O5/c1-7-14-34(18-22-12-10-9-11-13-22)29(38)25-26-30(39)36(23(19-37)16-20(3)4)28(31(40)35(15-8-2)21(5)6)32(26)17-24(33)27(25)41-32/h7-13,20-21,23-28,37H,1-2,14-19H2,3-6H3/t23-,24?,25+,26+,27+,28?,32?/m1/s1. The predicted molar refractivity (Wildman–Crippen MR) is 162 cm³/mol. The third kappa shape index (κ3) is 5.65. The summed E-state index contributed by atoms with van der Waals surface area (Å²) in [5, 5.41) is 10.5. The fraction of sp³-hybridized carbons (Fsp3) is 0.594. The molecular formula is C32H44BrN3O5. The highest BCUT2D eigenvalue weighted by Crippen LogP contribution is 2.61. The van der Waals surface area contributed by atoms with Gasteiger partial charge < -0.3 is 24.5 Å². The van der Waals surface area contributed by atoms with E-state index in [0.717, 1.165) is 5.56 Å². The van der Waals surface area contributed by atoms with Crippen LogP contribution in [0.15, 0.2) is 55.6 Å². The minimum absolute atomic E-state index is 0.143. The van der Waals surface area contributed by atoms with E-state index in [-0.39, 0.29) is 41.1 Å². The van der Waals surface area contributed by atoms with Gasteiger partial charge in [0.15, 0.2) is 0 Å². The number of halogens is 1. The Morgan fingerprint density at radius 1 is 1.15 bits per heavy atom. The first-order valence-electron chi connectivity index (χ1n) is 14.6. The molecule has 3 amide bonds. The topological polar surface area (TPSA) is 90.4 Å². The first-order valence-corrected chi connectivity index (χ1v) is 15.5. The number of carbonyl (C=O) groups is 3. The molecule has 3 saturated heterocycles. The normalized spacial score (nSPS) is 29.1. The van der Waals surface area contributed by atoms with Gasteiger partial charge in [-0.05, 0) is 38.2 Å². The number of fused-ring (bicyclic) bond motifs is 1. The maximum Gasteiger partial charge on any atom is 0.248 e. The molecule has 0 aromatic heterocycles. The minimum Gasteiger partial charge on any atom is -0.394 e. The van der Waals surface area contributed by atoms with Gasteiger partial charge in [-0.15, -0.1) is 13.2 Å². The van der Waals surface area contributed by atoms with E-state index < -0.39 is 35.6 Å². The van der Waals surface area contributed by atoms with Crippen LogP contribution >= 0.6 is 15.9 Å². The number of benzene rings is 1. The summed E-state index contributed by atoms with van der Waals surface area (Å²) in [4.78, 5) is 48.1. The van der Waals surface area contributed by atoms with E-state index in [9.17, 15) is 19.5 Å². The monoisotopic (exact) mass is 629 g/mol. The van der Waals surface area contributed by atoms with Crippen LogP contribution in [0.3, 0.4) is 0 Å². The predicted octanol–water partition coefficient (Wildman–Crippen LogP) is 3.78. The number of aliphatic hydroxyl groups excluding tert-OH is 1. The van der Waals surface area contributed by atoms with Crippen molar-refractivity contribution >= 4 is 33.7 Å². The Hall–Kier alpha value is -2.49. The lowest BCUT2D eigenvalue weighted by atomic mass is 9.70. The van der Waals surface area contributed by atoms with E-state index in [1.54, 1.807) is 26.9 Å². The minimum atomic E-state index is -1.18. The van der Waals surface area contributed by atoms with Crippen molar-refractivity contribution in [3.63, 3.8) is 0 Å². The number of nitrogens with zero attached hydrogens (tertiary/aromatic N) is 3. The van der Waals surface area contributed by atoms with Gasteiger partial charge in [0.05, 0.1) is 30.6 Å². The Morgan fingerprint density at radius 2 is 1.80 bits per heavy atom. The number of hydrogen-bond donors (Lipinski definition) is 1. The number of likely N-dealkylation sites (tertiary alicyclic amines) is 1. The summed E-state index contributed by atoms with van der Waals surface area (Å²) < 4.78 is 6.71. The molecule has 0 aliphatic carbocycles. The molecule has 41 heavy (non-hydrogen) atoms. The van der Waals surface area contributed by atoms with Crippen molar-refractivity contribution < 1.29 is 24.2 Å². The lowest BCUT2D eigenvalue weighted by Crippen LogP contribution is -2.60. The van der Waals surface area contributed by atoms with E-state index in [2.05, 4.69) is 29.1 Å². The molecule has 7 atom stereocenters. The van der Waals surface area contributed by atoms with Gasteiger partial charge in [-0.25, -0.2) is 0 Å². The molecule has 1 N–H and O–H groups in total. The van der Waals surface area contributed by atoms with Crippen LogP contribution in [0.4, 0.5) is 0 Å². The van der Waals surface area contributed by atoms with E-state index >= 15 is 0 Å². The fourth-order valence-electron chi connectivity index (χ4n) is 7.10. The van der Waals surface area contributed by atoms with Crippen LogP contribution in [0.25, 0.3) is 0 Å². The SMILES string of the molecule is C=CCN(Cc1ccccc1)C(=O)[C@H]1[C@H]2C(=O)N([C@@H](CO)CC(C)C)C(C(=O)N(CC=C)C(C)C)C23CC(Br)[C@@H]1O3. The van der Waals surface area contributed by atoms with Gasteiger partial charge in [0.1, 0.15) is 11.6 Å². The number of rotatable bonds is 13. The number of carbonyl (C=O) groups excluding carboxylic acids is 3. The molecule has 3 unspecified atom stereocenters. The van der Waals surface area contributed by atoms with Crippen molar-refractivity contribution in [3.8, 4) is 0 Å². The number of ether oxygens (including phenoxy) is 1. The van der Waals surface area contributed by atoms with E-state index in [4.69, 9.17) is 4.74 Å². The van der Waals surface area contributed by atoms with Gasteiger partial charge in [-0.2, -0.15) is 0 Å². The molecule has 1 aromatic carbocycles. The Bertz CT molecular complexity index is 1140. The van der Waals surface area contributed by atoms with Gasteiger partial charge >= 0.3 is 0 Å². The van der Waals surface area contributed by atoms with E-state index in [1.165, 1.54) is 0 Å². The Balaban J connectivity index is 1.80. The summed E-state index contributed by atoms with van der Waals surface area (Å²) >= 11 is 3.76. The van der Waals surface area contributed by atoms with Crippen molar-refractivity contribution in [2.24, 2.45) is 17.8 Å². The molecule has 0 radical (unpaired) electrons. The van der Waals surface area contributed by atoms with E-state index in [1.807, 2.05) is 58.0 Å². The van der Waals surface area contributed by atoms with Gasteiger partial charge in [-0.1, -0.05) is 72.3 Å². The Morgan fingerprint density at radius 3 is 2.37 bits per heavy atom. The van der Waals surface area contributed by atoms with Crippen molar-refractivity contribution in [2.45, 2.75) is 81.7 Å². The first-order chi connectivity index (χ1) is 19.5. The van der Waals surface area contributed by atoms with E-state index in [0.29, 0.717) is 32.5 Å². The molecule has 3 heterocycles. The summed E-state index contributed by atoms with van der Waals surface area (Å²) in [5.74, 6) is -2.13. The third-order valence-corrected chi connectivity index (χ3v) is 9.55. The van der Waals surface area contributed by atoms with Crippen LogP contribution < -0.4 is 0 Å². The molecule has 2 bridgehead atoms. The highest BCUT2D eigenvalue weighted by Gasteiger charge is 2.77. The summed E-state index contributed by atoms with van der Waals surface area (Å²) in [6.07, 6.45) is 3.75. The number of aliphatic hydroxyl groups is 1. The number of amides is 3. The zero-order valence-corrected chi connectivity index (χ0v) is 26.2. The lowest BCUT2D eigenvalue weighted by molar-refractivity contribution is -0.153. The molecule has 3 aliphatic heterocycles. The maximum atomic E-state index is 14.5. The molecule has 1 aromatic rings. The molecular weight excluding hydrogens is 586 g/mol. The van der Waals surface area contributed by atoms with Gasteiger partial charge in [0, 0.05) is 30.5 Å². The van der Waals surface area contributed by atoms with Crippen molar-refractivity contribution in [3.05, 3.63) is 61.2 Å². The average Bonchev–Trinajstić information content (AvgIpc) is 3.53. The second kappa shape index (κ2) is 12.8. The smallest absolute Gasteiger partial charge is 0.248 e. The molecule has 3 aliphatic rings. The van der Waals surface area contributed by atoms with Gasteiger partial charge in [0.2, 0.25) is 17.7 Å². The van der Waals surface area contributed by atoms with Crippen LogP contribution in [0.1, 0.15) is 46.1 Å². The molecule has 8 nitrogen and oxygen atoms in total. The molecule has 0 saturated carbocycles. The first kappa shape index (κ1) is 31.4. The average molecular weight is 631 g/mol. The molecule has 9 heteroatoms. The van der Waals surface area contributed by atoms with Crippen LogP contribution in [0.2, 0.25) is 0 Å². The van der Waals surface area contributed by atoms with Crippen molar-refractivity contribution in [2.75, 3.05) is 19.7 Å². The molecule has 224 valence electrons. The number of alkyl halides is 1. The molecule has 3 fully saturated rings. The Labute approximate surface area is 252 Å². The highest BCUT2D eigenvalue weighted by molar-refractivity contribution is 9.09. The molecule has 1 spiro atoms. The highest BCUT2D eigenvalue weighted by atomic mass is 79.9. The van der Waals surface area contributed by atoms with Crippen LogP contribution in [-0.2, 0) is 25.7 Å². The number of hydrogen-bond acceptors (Lipinski definition) is 5. The second-order valence-corrected chi connectivity index (χ2v) is 13.4. The second-order valence-electron chi connectivity index (χ2n) is 12.2. The lowest BCUT2D eigenvalue weighted by Gasteiger charge is -2.40. The zero-order valence-electron chi connectivity index (χ0n) is 24.6. The Kier molecular flexibility index (Phi) is 9.81. The zero-order chi connectivity index (χ0) is 30.1. The summed E-state index contributed by atoms with van der Waals surface area (Å²) in [6.45, 7) is 16.3. The van der Waals surface area contributed by atoms with Gasteiger partial charge in [-0.3, -0.25) is 14.4 Å². The molecule has 4 rings (SSSR count). The largest absolute Gasteiger partial charge is 0.394 e. The van der Waals surface area contributed by atoms with Crippen molar-refractivity contribution in [1.82, 2.24) is 14.7 Å². The van der Waals surface area contributed by atoms with Crippen LogP contribution in [-0.4, -0.2) is 91.9 Å². The summed E-state index contributed by atoms with van der Waals surface area (Å²) in [6, 6.07) is 8.04. The van der Waals surface area contributed by atoms with Crippen molar-refractivity contribution in [1.29, 1.82) is 0 Å².